The molecule has 0 aliphatic rings. The van der Waals surface area contributed by atoms with Crippen molar-refractivity contribution in [1.82, 2.24) is 9.80 Å². The van der Waals surface area contributed by atoms with Crippen LogP contribution in [-0.2, 0) is 0 Å². The van der Waals surface area contributed by atoms with E-state index in [0.29, 0.717) is 25.1 Å². The molecule has 1 amide bonds. The molecule has 21 heavy (non-hydrogen) atoms. The van der Waals surface area contributed by atoms with E-state index >= 15 is 0 Å². The van der Waals surface area contributed by atoms with Crippen LogP contribution in [0, 0.1) is 21.7 Å². The first-order valence-corrected chi connectivity index (χ1v) is 6.27. The summed E-state index contributed by atoms with van der Waals surface area (Å²) in [5, 5.41) is 10.9. The van der Waals surface area contributed by atoms with Crippen LogP contribution in [0.4, 0.5) is 14.5 Å². The lowest BCUT2D eigenvalue weighted by Gasteiger charge is -2.18. The fraction of sp³-hybridized carbons (Fsp3) is 0.462. The highest BCUT2D eigenvalue weighted by Crippen LogP contribution is 2.23. The van der Waals surface area contributed by atoms with E-state index in [-0.39, 0.29) is 0 Å². The Bertz CT molecular complexity index is 550. The largest absolute Gasteiger partial charge is 0.341 e. The van der Waals surface area contributed by atoms with Gasteiger partial charge in [-0.25, -0.2) is 8.78 Å². The Hall–Kier alpha value is -2.09. The molecule has 0 N–H and O–H groups in total. The van der Waals surface area contributed by atoms with Gasteiger partial charge in [-0.15, -0.1) is 0 Å². The predicted octanol–water partition coefficient (Wildman–Crippen LogP) is 1.90. The Morgan fingerprint density at radius 2 is 1.76 bits per heavy atom. The predicted molar refractivity (Wildman–Crippen MR) is 73.1 cm³/mol. The molecular formula is C13H17F2N3O3. The minimum absolute atomic E-state index is 0.354. The van der Waals surface area contributed by atoms with E-state index in [1.54, 1.807) is 0 Å². The van der Waals surface area contributed by atoms with Gasteiger partial charge >= 0.3 is 0 Å². The zero-order valence-electron chi connectivity index (χ0n) is 12.1. The molecule has 0 spiro atoms. The Balaban J connectivity index is 2.95. The normalized spacial score (nSPS) is 10.8. The minimum Gasteiger partial charge on any atom is -0.341 e. The first kappa shape index (κ1) is 17.0. The van der Waals surface area contributed by atoms with Crippen molar-refractivity contribution >= 4 is 11.6 Å². The molecule has 1 aromatic carbocycles. The first-order chi connectivity index (χ1) is 9.73. The van der Waals surface area contributed by atoms with Crippen LogP contribution in [0.25, 0.3) is 0 Å². The maximum absolute atomic E-state index is 13.2. The van der Waals surface area contributed by atoms with Gasteiger partial charge in [0.25, 0.3) is 11.6 Å². The van der Waals surface area contributed by atoms with E-state index in [2.05, 4.69) is 0 Å². The molecule has 0 aliphatic heterocycles. The van der Waals surface area contributed by atoms with Gasteiger partial charge in [0.05, 0.1) is 11.0 Å². The maximum atomic E-state index is 13.2. The highest BCUT2D eigenvalue weighted by atomic mass is 19.2. The molecule has 0 bridgehead atoms. The van der Waals surface area contributed by atoms with Gasteiger partial charge in [0.15, 0.2) is 11.6 Å². The number of halogens is 2. The number of nitro groups is 1. The van der Waals surface area contributed by atoms with Crippen molar-refractivity contribution in [3.63, 3.8) is 0 Å². The molecule has 0 saturated heterocycles. The summed E-state index contributed by atoms with van der Waals surface area (Å²) in [7, 11) is 5.22. The number of nitrogens with zero attached hydrogens (tertiary/aromatic N) is 3. The van der Waals surface area contributed by atoms with Crippen molar-refractivity contribution in [3.8, 4) is 0 Å². The van der Waals surface area contributed by atoms with Crippen LogP contribution in [0.1, 0.15) is 16.8 Å². The molecule has 6 nitrogen and oxygen atoms in total. The number of rotatable bonds is 6. The third kappa shape index (κ3) is 4.45. The Labute approximate surface area is 121 Å². The molecule has 0 aromatic heterocycles. The van der Waals surface area contributed by atoms with Crippen molar-refractivity contribution < 1.29 is 18.5 Å². The summed E-state index contributed by atoms with van der Waals surface area (Å²) in [6, 6.07) is 0.995. The van der Waals surface area contributed by atoms with Gasteiger partial charge in [-0.2, -0.15) is 0 Å². The van der Waals surface area contributed by atoms with Crippen LogP contribution in [0.3, 0.4) is 0 Å². The van der Waals surface area contributed by atoms with Gasteiger partial charge in [0.1, 0.15) is 5.56 Å². The van der Waals surface area contributed by atoms with Gasteiger partial charge in [-0.05, 0) is 33.1 Å². The lowest BCUT2D eigenvalue weighted by molar-refractivity contribution is -0.385. The Kier molecular flexibility index (Phi) is 5.71. The lowest BCUT2D eigenvalue weighted by Crippen LogP contribution is -2.30. The van der Waals surface area contributed by atoms with E-state index in [0.717, 1.165) is 6.54 Å². The third-order valence-corrected chi connectivity index (χ3v) is 2.91. The quantitative estimate of drug-likeness (QED) is 0.594. The lowest BCUT2D eigenvalue weighted by atomic mass is 10.1. The second kappa shape index (κ2) is 7.07. The summed E-state index contributed by atoms with van der Waals surface area (Å²) in [5.41, 5.74) is -1.19. The number of carbonyl (C=O) groups is 1. The molecule has 0 radical (unpaired) electrons. The van der Waals surface area contributed by atoms with Crippen LogP contribution >= 0.6 is 0 Å². The van der Waals surface area contributed by atoms with Crippen LogP contribution in [0.5, 0.6) is 0 Å². The molecule has 0 saturated carbocycles. The van der Waals surface area contributed by atoms with E-state index < -0.39 is 33.7 Å². The van der Waals surface area contributed by atoms with Gasteiger partial charge in [-0.3, -0.25) is 14.9 Å². The van der Waals surface area contributed by atoms with Gasteiger partial charge < -0.3 is 9.80 Å². The van der Waals surface area contributed by atoms with Crippen LogP contribution in [0.15, 0.2) is 12.1 Å². The Morgan fingerprint density at radius 1 is 1.19 bits per heavy atom. The number of hydrogen-bond acceptors (Lipinski definition) is 4. The fourth-order valence-electron chi connectivity index (χ4n) is 1.79. The summed E-state index contributed by atoms with van der Waals surface area (Å²) in [5.74, 6) is -3.35. The summed E-state index contributed by atoms with van der Waals surface area (Å²) in [6.45, 7) is 1.09. The third-order valence-electron chi connectivity index (χ3n) is 2.91. The SMILES string of the molecule is CN(C)CCCN(C)C(=O)c1cc(F)c(F)cc1[N+](=O)[O-]. The van der Waals surface area contributed by atoms with Crippen molar-refractivity contribution in [3.05, 3.63) is 39.4 Å². The summed E-state index contributed by atoms with van der Waals surface area (Å²) < 4.78 is 26.3. The molecule has 0 unspecified atom stereocenters. The summed E-state index contributed by atoms with van der Waals surface area (Å²) >= 11 is 0. The standard InChI is InChI=1S/C13H17F2N3O3/c1-16(2)5-4-6-17(3)13(19)9-7-10(14)11(15)8-12(9)18(20)21/h7-8H,4-6H2,1-3H3. The fourth-order valence-corrected chi connectivity index (χ4v) is 1.79. The van der Waals surface area contributed by atoms with Crippen molar-refractivity contribution in [2.45, 2.75) is 6.42 Å². The van der Waals surface area contributed by atoms with Crippen molar-refractivity contribution in [2.75, 3.05) is 34.2 Å². The highest BCUT2D eigenvalue weighted by molar-refractivity contribution is 5.98. The Morgan fingerprint density at radius 3 is 2.29 bits per heavy atom. The highest BCUT2D eigenvalue weighted by Gasteiger charge is 2.25. The molecular weight excluding hydrogens is 284 g/mol. The summed E-state index contributed by atoms with van der Waals surface area (Å²) in [6.07, 6.45) is 0.659. The average Bonchev–Trinajstić information content (AvgIpc) is 2.39. The molecule has 1 rings (SSSR count). The number of hydrogen-bond donors (Lipinski definition) is 0. The second-order valence-corrected chi connectivity index (χ2v) is 4.92. The van der Waals surface area contributed by atoms with Crippen LogP contribution in [0.2, 0.25) is 0 Å². The van der Waals surface area contributed by atoms with Gasteiger partial charge in [0, 0.05) is 13.6 Å². The first-order valence-electron chi connectivity index (χ1n) is 6.27. The molecule has 0 fully saturated rings. The zero-order valence-corrected chi connectivity index (χ0v) is 12.1. The van der Waals surface area contributed by atoms with Gasteiger partial charge in [-0.1, -0.05) is 0 Å². The van der Waals surface area contributed by atoms with Crippen molar-refractivity contribution in [1.29, 1.82) is 0 Å². The number of amides is 1. The second-order valence-electron chi connectivity index (χ2n) is 4.92. The van der Waals surface area contributed by atoms with E-state index in [1.807, 2.05) is 19.0 Å². The molecule has 0 atom stereocenters. The molecule has 0 heterocycles. The van der Waals surface area contributed by atoms with Crippen LogP contribution in [-0.4, -0.2) is 54.9 Å². The minimum atomic E-state index is -1.35. The maximum Gasteiger partial charge on any atom is 0.285 e. The van der Waals surface area contributed by atoms with Crippen molar-refractivity contribution in [2.24, 2.45) is 0 Å². The molecule has 0 aliphatic carbocycles. The summed E-state index contributed by atoms with van der Waals surface area (Å²) in [4.78, 5) is 25.3. The molecule has 116 valence electrons. The average molecular weight is 301 g/mol. The van der Waals surface area contributed by atoms with Crippen LogP contribution < -0.4 is 0 Å². The number of nitro benzene ring substituents is 1. The number of benzene rings is 1. The van der Waals surface area contributed by atoms with Gasteiger partial charge in [0.2, 0.25) is 0 Å². The molecule has 1 aromatic rings. The topological polar surface area (TPSA) is 66.7 Å². The smallest absolute Gasteiger partial charge is 0.285 e. The van der Waals surface area contributed by atoms with E-state index in [4.69, 9.17) is 0 Å². The monoisotopic (exact) mass is 301 g/mol. The molecule has 8 heteroatoms. The zero-order chi connectivity index (χ0) is 16.2. The van der Waals surface area contributed by atoms with E-state index in [9.17, 15) is 23.7 Å². The van der Waals surface area contributed by atoms with E-state index in [1.165, 1.54) is 11.9 Å². The number of carbonyl (C=O) groups excluding carboxylic acids is 1.